The Kier molecular flexibility index (Phi) is 5.37. The number of rotatable bonds is 3. The first kappa shape index (κ1) is 18.2. The number of nitrogens with one attached hydrogen (secondary N) is 3. The van der Waals surface area contributed by atoms with Crippen molar-refractivity contribution in [3.05, 3.63) is 11.3 Å². The van der Waals surface area contributed by atoms with E-state index in [9.17, 15) is 13.2 Å². The summed E-state index contributed by atoms with van der Waals surface area (Å²) in [6.07, 6.45) is 2.22. The Balaban J connectivity index is 0.00000192. The SMILES string of the molecule is CC1=NS(=O)(=O)NC(C)=C1CC(=O)NC1CC2CNCC2C1.Cl. The molecule has 2 fully saturated rings. The smallest absolute Gasteiger partial charge is 0.342 e. The van der Waals surface area contributed by atoms with Gasteiger partial charge in [-0.3, -0.25) is 9.52 Å². The van der Waals surface area contributed by atoms with Gasteiger partial charge in [0.25, 0.3) is 0 Å². The zero-order valence-electron chi connectivity index (χ0n) is 13.3. The van der Waals surface area contributed by atoms with E-state index < -0.39 is 10.2 Å². The van der Waals surface area contributed by atoms with Crippen LogP contribution >= 0.6 is 12.4 Å². The van der Waals surface area contributed by atoms with Crippen LogP contribution in [0, 0.1) is 11.8 Å². The highest BCUT2D eigenvalue weighted by Gasteiger charge is 2.37. The molecule has 1 saturated carbocycles. The number of halogens is 1. The fourth-order valence-corrected chi connectivity index (χ4v) is 4.79. The average molecular weight is 363 g/mol. The number of fused-ring (bicyclic) bond motifs is 1. The van der Waals surface area contributed by atoms with Gasteiger partial charge in [0.15, 0.2) is 0 Å². The van der Waals surface area contributed by atoms with Crippen molar-refractivity contribution in [1.82, 2.24) is 15.4 Å². The molecule has 2 unspecified atom stereocenters. The lowest BCUT2D eigenvalue weighted by molar-refractivity contribution is -0.121. The van der Waals surface area contributed by atoms with Crippen LogP contribution in [0.2, 0.25) is 0 Å². The zero-order chi connectivity index (χ0) is 15.9. The Bertz CT molecular complexity index is 647. The van der Waals surface area contributed by atoms with E-state index in [2.05, 4.69) is 19.8 Å². The van der Waals surface area contributed by atoms with Crippen LogP contribution in [0.1, 0.15) is 33.1 Å². The van der Waals surface area contributed by atoms with Crippen molar-refractivity contribution in [3.63, 3.8) is 0 Å². The highest BCUT2D eigenvalue weighted by molar-refractivity contribution is 7.88. The predicted octanol–water partition coefficient (Wildman–Crippen LogP) is 0.495. The minimum Gasteiger partial charge on any atom is -0.353 e. The average Bonchev–Trinajstić information content (AvgIpc) is 2.93. The number of carbonyl (C=O) groups is 1. The van der Waals surface area contributed by atoms with Crippen LogP contribution in [0.25, 0.3) is 0 Å². The van der Waals surface area contributed by atoms with Gasteiger partial charge in [-0.05, 0) is 51.6 Å². The molecule has 0 bridgehead atoms. The molecule has 3 N–H and O–H groups in total. The van der Waals surface area contributed by atoms with E-state index in [4.69, 9.17) is 0 Å². The normalized spacial score (nSPS) is 31.7. The van der Waals surface area contributed by atoms with Gasteiger partial charge in [-0.15, -0.1) is 16.8 Å². The van der Waals surface area contributed by atoms with Crippen LogP contribution in [0.4, 0.5) is 0 Å². The lowest BCUT2D eigenvalue weighted by Crippen LogP contribution is -2.36. The molecule has 2 atom stereocenters. The molecule has 3 rings (SSSR count). The molecule has 0 spiro atoms. The molecule has 0 aromatic rings. The first-order valence-corrected chi connectivity index (χ1v) is 9.07. The Morgan fingerprint density at radius 3 is 2.43 bits per heavy atom. The summed E-state index contributed by atoms with van der Waals surface area (Å²) in [5, 5.41) is 6.47. The van der Waals surface area contributed by atoms with Gasteiger partial charge in [-0.2, -0.15) is 8.42 Å². The summed E-state index contributed by atoms with van der Waals surface area (Å²) in [7, 11) is -3.64. The fourth-order valence-electron chi connectivity index (χ4n) is 3.77. The number of hydrogen-bond donors (Lipinski definition) is 3. The van der Waals surface area contributed by atoms with Crippen molar-refractivity contribution < 1.29 is 13.2 Å². The second kappa shape index (κ2) is 6.78. The Morgan fingerprint density at radius 2 is 1.87 bits per heavy atom. The van der Waals surface area contributed by atoms with E-state index in [1.165, 1.54) is 0 Å². The molecule has 9 heteroatoms. The molecular formula is C14H23ClN4O3S. The van der Waals surface area contributed by atoms with Gasteiger partial charge in [0.1, 0.15) is 0 Å². The highest BCUT2D eigenvalue weighted by Crippen LogP contribution is 2.34. The summed E-state index contributed by atoms with van der Waals surface area (Å²) in [6, 6.07) is 0.239. The predicted molar refractivity (Wildman–Crippen MR) is 90.7 cm³/mol. The van der Waals surface area contributed by atoms with Crippen LogP contribution in [0.15, 0.2) is 15.7 Å². The number of hydrogen-bond acceptors (Lipinski definition) is 4. The highest BCUT2D eigenvalue weighted by atomic mass is 35.5. The van der Waals surface area contributed by atoms with Gasteiger partial charge in [0.05, 0.1) is 12.1 Å². The van der Waals surface area contributed by atoms with Gasteiger partial charge in [0, 0.05) is 17.3 Å². The first-order chi connectivity index (χ1) is 10.3. The van der Waals surface area contributed by atoms with Gasteiger partial charge in [0.2, 0.25) is 5.91 Å². The van der Waals surface area contributed by atoms with E-state index in [0.29, 0.717) is 28.8 Å². The lowest BCUT2D eigenvalue weighted by Gasteiger charge is -2.19. The van der Waals surface area contributed by atoms with Crippen molar-refractivity contribution in [3.8, 4) is 0 Å². The maximum atomic E-state index is 12.2. The minimum atomic E-state index is -3.64. The Labute approximate surface area is 143 Å². The number of allylic oxidation sites excluding steroid dienone is 1. The standard InChI is InChI=1S/C14H22N4O3S.ClH/c1-8-13(9(2)18-22(20,21)17-8)5-14(19)16-12-3-10-6-15-7-11(10)4-12;/h10-12,15,17H,3-7H2,1-2H3,(H,16,19);1H. The summed E-state index contributed by atoms with van der Waals surface area (Å²) in [5.74, 6) is 1.29. The van der Waals surface area contributed by atoms with Crippen molar-refractivity contribution in [2.75, 3.05) is 13.1 Å². The summed E-state index contributed by atoms with van der Waals surface area (Å²) in [5.41, 5.74) is 1.53. The molecule has 130 valence electrons. The van der Waals surface area contributed by atoms with Gasteiger partial charge < -0.3 is 10.6 Å². The van der Waals surface area contributed by atoms with E-state index in [1.54, 1.807) is 13.8 Å². The summed E-state index contributed by atoms with van der Waals surface area (Å²) in [6.45, 7) is 5.38. The van der Waals surface area contributed by atoms with E-state index in [1.807, 2.05) is 0 Å². The van der Waals surface area contributed by atoms with E-state index in [0.717, 1.165) is 25.9 Å². The van der Waals surface area contributed by atoms with Gasteiger partial charge >= 0.3 is 10.2 Å². The summed E-state index contributed by atoms with van der Waals surface area (Å²) < 4.78 is 28.9. The van der Waals surface area contributed by atoms with Crippen molar-refractivity contribution in [2.45, 2.75) is 39.2 Å². The zero-order valence-corrected chi connectivity index (χ0v) is 14.9. The molecule has 1 amide bonds. The van der Waals surface area contributed by atoms with Crippen LogP contribution in [-0.2, 0) is 15.0 Å². The maximum absolute atomic E-state index is 12.2. The van der Waals surface area contributed by atoms with Crippen LogP contribution < -0.4 is 15.4 Å². The number of carbonyl (C=O) groups excluding carboxylic acids is 1. The molecule has 23 heavy (non-hydrogen) atoms. The van der Waals surface area contributed by atoms with E-state index in [-0.39, 0.29) is 30.8 Å². The quantitative estimate of drug-likeness (QED) is 0.680. The third-order valence-corrected chi connectivity index (χ3v) is 5.86. The number of nitrogens with zero attached hydrogens (tertiary/aromatic N) is 1. The summed E-state index contributed by atoms with van der Waals surface area (Å²) in [4.78, 5) is 12.2. The topological polar surface area (TPSA) is 99.7 Å². The van der Waals surface area contributed by atoms with Crippen LogP contribution in [-0.4, -0.2) is 39.2 Å². The van der Waals surface area contributed by atoms with Gasteiger partial charge in [-0.1, -0.05) is 0 Å². The molecular weight excluding hydrogens is 340 g/mol. The molecule has 0 aromatic carbocycles. The van der Waals surface area contributed by atoms with Crippen molar-refractivity contribution in [1.29, 1.82) is 0 Å². The molecule has 1 saturated heterocycles. The fraction of sp³-hybridized carbons (Fsp3) is 0.714. The molecule has 0 aromatic heterocycles. The van der Waals surface area contributed by atoms with Crippen LogP contribution in [0.3, 0.4) is 0 Å². The van der Waals surface area contributed by atoms with Crippen LogP contribution in [0.5, 0.6) is 0 Å². The lowest BCUT2D eigenvalue weighted by atomic mass is 10.0. The molecule has 7 nitrogen and oxygen atoms in total. The van der Waals surface area contributed by atoms with Crippen molar-refractivity contribution in [2.24, 2.45) is 16.2 Å². The van der Waals surface area contributed by atoms with E-state index >= 15 is 0 Å². The molecule has 2 aliphatic heterocycles. The third-order valence-electron chi connectivity index (χ3n) is 4.79. The minimum absolute atomic E-state index is 0. The first-order valence-electron chi connectivity index (χ1n) is 7.63. The monoisotopic (exact) mass is 362 g/mol. The Hall–Kier alpha value is -1.12. The summed E-state index contributed by atoms with van der Waals surface area (Å²) >= 11 is 0. The van der Waals surface area contributed by atoms with Crippen molar-refractivity contribution >= 4 is 34.2 Å². The number of amides is 1. The largest absolute Gasteiger partial charge is 0.353 e. The molecule has 3 aliphatic rings. The molecule has 1 aliphatic carbocycles. The molecule has 0 radical (unpaired) electrons. The molecule has 2 heterocycles. The maximum Gasteiger partial charge on any atom is 0.342 e. The third kappa shape index (κ3) is 4.05. The second-order valence-electron chi connectivity index (χ2n) is 6.45. The van der Waals surface area contributed by atoms with Gasteiger partial charge in [-0.25, -0.2) is 0 Å². The second-order valence-corrected chi connectivity index (χ2v) is 7.79. The Morgan fingerprint density at radius 1 is 1.26 bits per heavy atom.